The number of aryl methyl sites for hydroxylation is 4. The van der Waals surface area contributed by atoms with Crippen LogP contribution in [0.25, 0.3) is 5.82 Å². The molecule has 1 aliphatic rings. The molecule has 3 aromatic rings. The second-order valence-electron chi connectivity index (χ2n) is 8.44. The van der Waals surface area contributed by atoms with E-state index in [1.807, 2.05) is 26.8 Å². The van der Waals surface area contributed by atoms with E-state index in [0.717, 1.165) is 29.8 Å². The first-order valence-electron chi connectivity index (χ1n) is 11.1. The van der Waals surface area contributed by atoms with Crippen molar-refractivity contribution in [2.45, 2.75) is 52.5 Å². The van der Waals surface area contributed by atoms with E-state index in [1.54, 1.807) is 16.8 Å². The number of benzene rings is 1. The van der Waals surface area contributed by atoms with E-state index in [2.05, 4.69) is 33.6 Å². The van der Waals surface area contributed by atoms with E-state index in [-0.39, 0.29) is 22.7 Å². The van der Waals surface area contributed by atoms with E-state index >= 15 is 0 Å². The maximum absolute atomic E-state index is 12.6. The van der Waals surface area contributed by atoms with Crippen LogP contribution in [0.2, 0.25) is 5.02 Å². The highest BCUT2D eigenvalue weighted by Gasteiger charge is 2.19. The largest absolute Gasteiger partial charge is 0.451 e. The van der Waals surface area contributed by atoms with Crippen LogP contribution in [0.3, 0.4) is 0 Å². The molecule has 33 heavy (non-hydrogen) atoms. The van der Waals surface area contributed by atoms with Crippen LogP contribution >= 0.6 is 11.6 Å². The molecular weight excluding hydrogens is 440 g/mol. The number of rotatable bonds is 6. The van der Waals surface area contributed by atoms with Crippen LogP contribution < -0.4 is 5.32 Å². The van der Waals surface area contributed by atoms with Crippen LogP contribution in [0.4, 0.5) is 0 Å². The molecule has 0 fully saturated rings. The monoisotopic (exact) mass is 466 g/mol. The zero-order valence-corrected chi connectivity index (χ0v) is 19.8. The summed E-state index contributed by atoms with van der Waals surface area (Å²) in [5.41, 5.74) is 5.43. The zero-order chi connectivity index (χ0) is 23.5. The molecule has 4 rings (SSSR count). The number of nitrogens with one attached hydrogen (secondary N) is 1. The average molecular weight is 467 g/mol. The number of halogens is 1. The fraction of sp³-hybridized carbons (Fsp3) is 0.360. The number of fused-ring (bicyclic) bond motifs is 1. The Bertz CT molecular complexity index is 1200. The second-order valence-corrected chi connectivity index (χ2v) is 8.85. The van der Waals surface area contributed by atoms with Crippen molar-refractivity contribution in [2.75, 3.05) is 6.61 Å². The summed E-state index contributed by atoms with van der Waals surface area (Å²) >= 11 is 6.17. The zero-order valence-electron chi connectivity index (χ0n) is 19.0. The Kier molecular flexibility index (Phi) is 6.79. The summed E-state index contributed by atoms with van der Waals surface area (Å²) in [6, 6.07) is 11.3. The van der Waals surface area contributed by atoms with Crippen LogP contribution in [0, 0.1) is 13.8 Å². The molecule has 1 unspecified atom stereocenters. The summed E-state index contributed by atoms with van der Waals surface area (Å²) in [5, 5.41) is 7.40. The van der Waals surface area contributed by atoms with Gasteiger partial charge < -0.3 is 10.1 Å². The molecule has 172 valence electrons. The number of pyridine rings is 1. The van der Waals surface area contributed by atoms with Crippen molar-refractivity contribution < 1.29 is 14.3 Å². The van der Waals surface area contributed by atoms with Gasteiger partial charge in [-0.25, -0.2) is 14.5 Å². The van der Waals surface area contributed by atoms with Gasteiger partial charge in [0, 0.05) is 5.69 Å². The third-order valence-electron chi connectivity index (χ3n) is 5.84. The number of carbonyl (C=O) groups excluding carboxylic acids is 2. The van der Waals surface area contributed by atoms with Gasteiger partial charge in [-0.1, -0.05) is 29.8 Å². The van der Waals surface area contributed by atoms with E-state index in [9.17, 15) is 9.59 Å². The maximum Gasteiger partial charge on any atom is 0.359 e. The smallest absolute Gasteiger partial charge is 0.359 e. The Morgan fingerprint density at radius 2 is 1.88 bits per heavy atom. The minimum atomic E-state index is -0.764. The van der Waals surface area contributed by atoms with Crippen molar-refractivity contribution in [1.82, 2.24) is 20.1 Å². The average Bonchev–Trinajstić information content (AvgIpc) is 3.15. The molecule has 2 aromatic heterocycles. The molecule has 1 N–H and O–H groups in total. The predicted molar refractivity (Wildman–Crippen MR) is 126 cm³/mol. The Balaban J connectivity index is 1.38. The van der Waals surface area contributed by atoms with Crippen LogP contribution in [0.1, 0.15) is 64.4 Å². The molecule has 7 nitrogen and oxygen atoms in total. The van der Waals surface area contributed by atoms with Crippen molar-refractivity contribution in [3.63, 3.8) is 0 Å². The number of carbonyl (C=O) groups is 2. The lowest BCUT2D eigenvalue weighted by molar-refractivity contribution is -0.124. The maximum atomic E-state index is 12.6. The van der Waals surface area contributed by atoms with Crippen molar-refractivity contribution in [3.8, 4) is 5.82 Å². The first kappa shape index (κ1) is 23.0. The van der Waals surface area contributed by atoms with E-state index in [0.29, 0.717) is 5.82 Å². The Hall–Kier alpha value is -3.19. The summed E-state index contributed by atoms with van der Waals surface area (Å²) in [5.74, 6) is -0.707. The third kappa shape index (κ3) is 5.25. The highest BCUT2D eigenvalue weighted by molar-refractivity contribution is 6.33. The molecule has 1 atom stereocenters. The molecule has 1 aliphatic carbocycles. The number of nitrogens with zero attached hydrogens (tertiary/aromatic N) is 3. The summed E-state index contributed by atoms with van der Waals surface area (Å²) in [6.45, 7) is 5.26. The Labute approximate surface area is 198 Å². The standard InChI is InChI=1S/C25H27ClN4O3/c1-15-12-16(2)30(29-15)22-11-10-21(26)24(28-22)25(32)33-14-23(31)27-17(3)19-9-8-18-6-4-5-7-20(18)13-19/h8-13,17H,4-7,14H2,1-3H3,(H,27,31). The fourth-order valence-corrected chi connectivity index (χ4v) is 4.32. The SMILES string of the molecule is Cc1cc(C)n(-c2ccc(Cl)c(C(=O)OCC(=O)NC(C)c3ccc4c(c3)CCCC4)n2)n1. The number of hydrogen-bond acceptors (Lipinski definition) is 5. The number of aromatic nitrogens is 3. The van der Waals surface area contributed by atoms with Crippen molar-refractivity contribution in [1.29, 1.82) is 0 Å². The molecule has 0 saturated carbocycles. The van der Waals surface area contributed by atoms with Crippen molar-refractivity contribution in [2.24, 2.45) is 0 Å². The van der Waals surface area contributed by atoms with Crippen molar-refractivity contribution in [3.05, 3.63) is 75.2 Å². The third-order valence-corrected chi connectivity index (χ3v) is 6.14. The van der Waals surface area contributed by atoms with Gasteiger partial charge in [-0.2, -0.15) is 5.10 Å². The van der Waals surface area contributed by atoms with E-state index in [4.69, 9.17) is 16.3 Å². The van der Waals surface area contributed by atoms with E-state index < -0.39 is 12.6 Å². The molecule has 8 heteroatoms. The Morgan fingerprint density at radius 1 is 1.12 bits per heavy atom. The van der Waals surface area contributed by atoms with Gasteiger partial charge in [0.25, 0.3) is 5.91 Å². The molecule has 1 amide bonds. The van der Waals surface area contributed by atoms with E-state index in [1.165, 1.54) is 24.0 Å². The van der Waals surface area contributed by atoms with Gasteiger partial charge in [-0.05, 0) is 81.3 Å². The molecule has 0 aliphatic heterocycles. The molecule has 0 radical (unpaired) electrons. The Morgan fingerprint density at radius 3 is 2.61 bits per heavy atom. The van der Waals surface area contributed by atoms with Crippen LogP contribution in [0.5, 0.6) is 0 Å². The summed E-state index contributed by atoms with van der Waals surface area (Å²) in [6.07, 6.45) is 4.62. The molecular formula is C25H27ClN4O3. The molecule has 2 heterocycles. The second kappa shape index (κ2) is 9.75. The molecule has 1 aromatic carbocycles. The lowest BCUT2D eigenvalue weighted by Gasteiger charge is -2.20. The normalized spacial score (nSPS) is 13.8. The van der Waals surface area contributed by atoms with Crippen LogP contribution in [-0.2, 0) is 22.4 Å². The first-order chi connectivity index (χ1) is 15.8. The lowest BCUT2D eigenvalue weighted by atomic mass is 9.89. The van der Waals surface area contributed by atoms with Gasteiger partial charge in [0.2, 0.25) is 0 Å². The highest BCUT2D eigenvalue weighted by atomic mass is 35.5. The molecule has 0 bridgehead atoms. The van der Waals surface area contributed by atoms with Gasteiger partial charge >= 0.3 is 5.97 Å². The summed E-state index contributed by atoms with van der Waals surface area (Å²) < 4.78 is 6.82. The molecule has 0 saturated heterocycles. The number of hydrogen-bond donors (Lipinski definition) is 1. The van der Waals surface area contributed by atoms with Crippen LogP contribution in [0.15, 0.2) is 36.4 Å². The quantitative estimate of drug-likeness (QED) is 0.542. The minimum Gasteiger partial charge on any atom is -0.451 e. The minimum absolute atomic E-state index is 0.0581. The number of amides is 1. The van der Waals surface area contributed by atoms with Gasteiger partial charge in [0.1, 0.15) is 0 Å². The van der Waals surface area contributed by atoms with Crippen molar-refractivity contribution >= 4 is 23.5 Å². The fourth-order valence-electron chi connectivity index (χ4n) is 4.14. The van der Waals surface area contributed by atoms with Gasteiger partial charge in [-0.3, -0.25) is 4.79 Å². The van der Waals surface area contributed by atoms with Crippen LogP contribution in [-0.4, -0.2) is 33.2 Å². The number of esters is 1. The van der Waals surface area contributed by atoms with Gasteiger partial charge in [0.15, 0.2) is 18.1 Å². The summed E-state index contributed by atoms with van der Waals surface area (Å²) in [7, 11) is 0. The lowest BCUT2D eigenvalue weighted by Crippen LogP contribution is -2.31. The van der Waals surface area contributed by atoms with Gasteiger partial charge in [-0.15, -0.1) is 0 Å². The predicted octanol–water partition coefficient (Wildman–Crippen LogP) is 4.45. The topological polar surface area (TPSA) is 86.1 Å². The highest BCUT2D eigenvalue weighted by Crippen LogP contribution is 2.25. The van der Waals surface area contributed by atoms with Gasteiger partial charge in [0.05, 0.1) is 16.8 Å². The summed E-state index contributed by atoms with van der Waals surface area (Å²) in [4.78, 5) is 29.3. The molecule has 0 spiro atoms. The number of ether oxygens (including phenoxy) is 1. The first-order valence-corrected chi connectivity index (χ1v) is 11.5.